The van der Waals surface area contributed by atoms with Crippen molar-refractivity contribution < 1.29 is 23.7 Å². The number of hydrogen-bond donors (Lipinski definition) is 0. The molecule has 1 saturated heterocycles. The third-order valence-electron chi connectivity index (χ3n) is 4.97. The largest absolute Gasteiger partial charge is 0.490 e. The Labute approximate surface area is 200 Å². The van der Waals surface area contributed by atoms with Crippen molar-refractivity contribution in [1.82, 2.24) is 0 Å². The van der Waals surface area contributed by atoms with E-state index in [1.54, 1.807) is 24.3 Å². The van der Waals surface area contributed by atoms with Gasteiger partial charge in [0.2, 0.25) is 6.79 Å². The van der Waals surface area contributed by atoms with E-state index in [9.17, 15) is 4.79 Å². The standard InChI is InChI=1S/C25H19NO5S2/c27-24-23(33-25(32)26(24)18-10-11-21-22(15-18)31-16-30-21)14-17-6-4-5-9-20(17)29-13-12-28-19-7-2-1-3-8-19/h1-11,14-15H,12-13,16H2/b23-14+. The normalized spacial score (nSPS) is 15.9. The third kappa shape index (κ3) is 4.67. The number of rotatable bonds is 7. The van der Waals surface area contributed by atoms with Crippen molar-refractivity contribution in [2.24, 2.45) is 0 Å². The highest BCUT2D eigenvalue weighted by Crippen LogP contribution is 2.41. The van der Waals surface area contributed by atoms with Gasteiger partial charge in [0.25, 0.3) is 5.91 Å². The van der Waals surface area contributed by atoms with Gasteiger partial charge >= 0.3 is 0 Å². The van der Waals surface area contributed by atoms with Gasteiger partial charge in [-0.1, -0.05) is 60.4 Å². The quantitative estimate of drug-likeness (QED) is 0.261. The van der Waals surface area contributed by atoms with Crippen molar-refractivity contribution in [3.05, 3.63) is 83.3 Å². The average Bonchev–Trinajstić information content (AvgIpc) is 3.41. The van der Waals surface area contributed by atoms with Crippen molar-refractivity contribution in [3.63, 3.8) is 0 Å². The summed E-state index contributed by atoms with van der Waals surface area (Å²) in [5.74, 6) is 2.53. The number of anilines is 1. The van der Waals surface area contributed by atoms with Gasteiger partial charge in [0.15, 0.2) is 15.8 Å². The molecule has 3 aromatic rings. The molecule has 166 valence electrons. The monoisotopic (exact) mass is 477 g/mol. The van der Waals surface area contributed by atoms with Crippen LogP contribution in [-0.4, -0.2) is 30.2 Å². The summed E-state index contributed by atoms with van der Waals surface area (Å²) in [6, 6.07) is 22.5. The molecular formula is C25H19NO5S2. The summed E-state index contributed by atoms with van der Waals surface area (Å²) in [6.07, 6.45) is 1.81. The molecule has 8 heteroatoms. The van der Waals surface area contributed by atoms with Gasteiger partial charge in [-0.05, 0) is 36.4 Å². The lowest BCUT2D eigenvalue weighted by molar-refractivity contribution is -0.113. The first-order valence-corrected chi connectivity index (χ1v) is 11.5. The number of benzene rings is 3. The minimum absolute atomic E-state index is 0.171. The van der Waals surface area contributed by atoms with Gasteiger partial charge in [-0.15, -0.1) is 0 Å². The van der Waals surface area contributed by atoms with Crippen LogP contribution in [0.3, 0.4) is 0 Å². The van der Waals surface area contributed by atoms with Crippen LogP contribution in [0.25, 0.3) is 6.08 Å². The second-order valence-corrected chi connectivity index (χ2v) is 8.78. The van der Waals surface area contributed by atoms with Gasteiger partial charge in [0.1, 0.15) is 24.7 Å². The minimum atomic E-state index is -0.189. The van der Waals surface area contributed by atoms with Crippen LogP contribution < -0.4 is 23.8 Å². The number of hydrogen-bond acceptors (Lipinski definition) is 7. The van der Waals surface area contributed by atoms with Gasteiger partial charge in [0, 0.05) is 11.6 Å². The topological polar surface area (TPSA) is 57.2 Å². The van der Waals surface area contributed by atoms with Crippen LogP contribution in [0.2, 0.25) is 0 Å². The third-order valence-corrected chi connectivity index (χ3v) is 6.27. The fraction of sp³-hybridized carbons (Fsp3) is 0.120. The van der Waals surface area contributed by atoms with Crippen LogP contribution in [0, 0.1) is 0 Å². The van der Waals surface area contributed by atoms with E-state index in [0.29, 0.717) is 45.4 Å². The summed E-state index contributed by atoms with van der Waals surface area (Å²) < 4.78 is 22.9. The summed E-state index contributed by atoms with van der Waals surface area (Å²) in [4.78, 5) is 15.2. The summed E-state index contributed by atoms with van der Waals surface area (Å²) in [6.45, 7) is 0.951. The van der Waals surface area contributed by atoms with E-state index in [1.807, 2.05) is 54.6 Å². The average molecular weight is 478 g/mol. The fourth-order valence-electron chi connectivity index (χ4n) is 3.41. The lowest BCUT2D eigenvalue weighted by atomic mass is 10.2. The fourth-order valence-corrected chi connectivity index (χ4v) is 4.70. The second-order valence-electron chi connectivity index (χ2n) is 7.10. The van der Waals surface area contributed by atoms with Gasteiger partial charge in [0.05, 0.1) is 10.6 Å². The number of thioether (sulfide) groups is 1. The Morgan fingerprint density at radius 2 is 1.70 bits per heavy atom. The van der Waals surface area contributed by atoms with Crippen LogP contribution in [0.15, 0.2) is 77.7 Å². The number of amides is 1. The highest BCUT2D eigenvalue weighted by molar-refractivity contribution is 8.27. The summed E-state index contributed by atoms with van der Waals surface area (Å²) in [5, 5.41) is 0. The van der Waals surface area contributed by atoms with E-state index in [-0.39, 0.29) is 12.7 Å². The van der Waals surface area contributed by atoms with Crippen LogP contribution in [-0.2, 0) is 4.79 Å². The molecule has 33 heavy (non-hydrogen) atoms. The molecule has 2 aliphatic heterocycles. The van der Waals surface area contributed by atoms with Crippen molar-refractivity contribution in [2.45, 2.75) is 0 Å². The molecule has 0 aliphatic carbocycles. The maximum absolute atomic E-state index is 13.2. The number of para-hydroxylation sites is 2. The highest BCUT2D eigenvalue weighted by Gasteiger charge is 2.34. The first-order chi connectivity index (χ1) is 16.2. The number of nitrogens with zero attached hydrogens (tertiary/aromatic N) is 1. The lowest BCUT2D eigenvalue weighted by Crippen LogP contribution is -2.27. The Morgan fingerprint density at radius 3 is 2.58 bits per heavy atom. The van der Waals surface area contributed by atoms with E-state index in [0.717, 1.165) is 11.3 Å². The molecule has 0 aromatic heterocycles. The van der Waals surface area contributed by atoms with Crippen LogP contribution in [0.1, 0.15) is 5.56 Å². The Kier molecular flexibility index (Phi) is 6.19. The Bertz CT molecular complexity index is 1230. The molecule has 0 unspecified atom stereocenters. The van der Waals surface area contributed by atoms with E-state index in [1.165, 1.54) is 16.7 Å². The Balaban J connectivity index is 1.29. The molecule has 0 N–H and O–H groups in total. The predicted molar refractivity (Wildman–Crippen MR) is 132 cm³/mol. The molecule has 0 saturated carbocycles. The highest BCUT2D eigenvalue weighted by atomic mass is 32.2. The van der Waals surface area contributed by atoms with Crippen molar-refractivity contribution in [1.29, 1.82) is 0 Å². The molecule has 0 atom stereocenters. The summed E-state index contributed by atoms with van der Waals surface area (Å²) >= 11 is 6.75. The Morgan fingerprint density at radius 1 is 0.939 bits per heavy atom. The lowest BCUT2D eigenvalue weighted by Gasteiger charge is -2.15. The number of carbonyl (C=O) groups is 1. The van der Waals surface area contributed by atoms with Gasteiger partial charge in [-0.3, -0.25) is 9.69 Å². The van der Waals surface area contributed by atoms with E-state index in [2.05, 4.69) is 0 Å². The van der Waals surface area contributed by atoms with Crippen molar-refractivity contribution in [2.75, 3.05) is 24.9 Å². The number of thiocarbonyl (C=S) groups is 1. The van der Waals surface area contributed by atoms with Crippen LogP contribution >= 0.6 is 24.0 Å². The van der Waals surface area contributed by atoms with Gasteiger partial charge in [-0.2, -0.15) is 0 Å². The SMILES string of the molecule is O=C1/C(=C\c2ccccc2OCCOc2ccccc2)SC(=S)N1c1ccc2c(c1)OCO2. The molecule has 2 heterocycles. The zero-order chi connectivity index (χ0) is 22.6. The first-order valence-electron chi connectivity index (χ1n) is 10.3. The molecule has 3 aromatic carbocycles. The zero-order valence-electron chi connectivity index (χ0n) is 17.4. The van der Waals surface area contributed by atoms with E-state index >= 15 is 0 Å². The summed E-state index contributed by atoms with van der Waals surface area (Å²) in [7, 11) is 0. The van der Waals surface area contributed by atoms with Crippen molar-refractivity contribution >= 4 is 46.0 Å². The van der Waals surface area contributed by atoms with Crippen LogP contribution in [0.5, 0.6) is 23.0 Å². The maximum atomic E-state index is 13.2. The van der Waals surface area contributed by atoms with E-state index in [4.69, 9.17) is 31.2 Å². The smallest absolute Gasteiger partial charge is 0.270 e. The van der Waals surface area contributed by atoms with Gasteiger partial charge < -0.3 is 18.9 Å². The maximum Gasteiger partial charge on any atom is 0.270 e. The molecule has 1 fully saturated rings. The zero-order valence-corrected chi connectivity index (χ0v) is 19.1. The van der Waals surface area contributed by atoms with E-state index < -0.39 is 0 Å². The molecule has 2 aliphatic rings. The predicted octanol–water partition coefficient (Wildman–Crippen LogP) is 5.28. The Hall–Kier alpha value is -3.49. The minimum Gasteiger partial charge on any atom is -0.490 e. The number of ether oxygens (including phenoxy) is 4. The van der Waals surface area contributed by atoms with Crippen molar-refractivity contribution in [3.8, 4) is 23.0 Å². The number of carbonyl (C=O) groups excluding carboxylic acids is 1. The van der Waals surface area contributed by atoms with Crippen LogP contribution in [0.4, 0.5) is 5.69 Å². The molecule has 0 radical (unpaired) electrons. The van der Waals surface area contributed by atoms with Gasteiger partial charge in [-0.25, -0.2) is 0 Å². The molecule has 5 rings (SSSR count). The molecule has 0 spiro atoms. The first kappa shape index (κ1) is 21.4. The summed E-state index contributed by atoms with van der Waals surface area (Å²) in [5.41, 5.74) is 1.44. The second kappa shape index (κ2) is 9.56. The molecule has 6 nitrogen and oxygen atoms in total. The molecule has 1 amide bonds. The molecule has 0 bridgehead atoms. The number of fused-ring (bicyclic) bond motifs is 1. The molecular weight excluding hydrogens is 458 g/mol.